The Kier molecular flexibility index (Phi) is 6.77. The molecule has 0 atom stereocenters. The molecule has 0 fully saturated rings. The average Bonchev–Trinajstić information content (AvgIpc) is 2.59. The van der Waals surface area contributed by atoms with Crippen molar-refractivity contribution in [3.05, 3.63) is 65.2 Å². The number of amides is 1. The van der Waals surface area contributed by atoms with E-state index in [2.05, 4.69) is 5.32 Å². The monoisotopic (exact) mass is 357 g/mol. The minimum Gasteiger partial charge on any atom is -0.478 e. The van der Waals surface area contributed by atoms with Crippen LogP contribution in [0, 0.1) is 0 Å². The first-order valence-corrected chi connectivity index (χ1v) is 8.77. The third-order valence-electron chi connectivity index (χ3n) is 3.59. The number of carbonyl (C=O) groups is 3. The number of nitrogens with one attached hydrogen (secondary N) is 1. The van der Waals surface area contributed by atoms with E-state index in [4.69, 9.17) is 5.11 Å². The first-order valence-electron chi connectivity index (χ1n) is 7.79. The molecule has 0 bridgehead atoms. The van der Waals surface area contributed by atoms with E-state index in [0.717, 1.165) is 11.1 Å². The van der Waals surface area contributed by atoms with E-state index in [0.29, 0.717) is 24.3 Å². The van der Waals surface area contributed by atoms with Crippen LogP contribution in [0.2, 0.25) is 0 Å². The summed E-state index contributed by atoms with van der Waals surface area (Å²) < 4.78 is 0. The Morgan fingerprint density at radius 1 is 1.00 bits per heavy atom. The van der Waals surface area contributed by atoms with Crippen molar-refractivity contribution in [1.29, 1.82) is 0 Å². The Morgan fingerprint density at radius 3 is 2.24 bits per heavy atom. The van der Waals surface area contributed by atoms with Crippen LogP contribution in [-0.4, -0.2) is 22.1 Å². The molecule has 0 spiro atoms. The van der Waals surface area contributed by atoms with Gasteiger partial charge in [-0.3, -0.25) is 9.59 Å². The number of carboxylic acid groups (broad SMARTS) is 1. The lowest BCUT2D eigenvalue weighted by atomic mass is 10.0. The number of hydrogen-bond donors (Lipinski definition) is 2. The second-order valence-corrected chi connectivity index (χ2v) is 6.63. The van der Waals surface area contributed by atoms with Crippen molar-refractivity contribution in [3.8, 4) is 0 Å². The molecule has 0 heterocycles. The van der Waals surface area contributed by atoms with Gasteiger partial charge in [-0.05, 0) is 41.8 Å². The predicted molar refractivity (Wildman–Crippen MR) is 98.8 cm³/mol. The topological polar surface area (TPSA) is 83.5 Å². The van der Waals surface area contributed by atoms with Crippen molar-refractivity contribution >= 4 is 34.4 Å². The average molecular weight is 357 g/mol. The molecule has 0 radical (unpaired) electrons. The van der Waals surface area contributed by atoms with Gasteiger partial charge in [-0.1, -0.05) is 36.0 Å². The van der Waals surface area contributed by atoms with Crippen LogP contribution in [0.15, 0.2) is 48.5 Å². The van der Waals surface area contributed by atoms with E-state index in [1.165, 1.54) is 30.8 Å². The van der Waals surface area contributed by atoms with E-state index >= 15 is 0 Å². The number of thioether (sulfide) groups is 1. The van der Waals surface area contributed by atoms with Gasteiger partial charge in [0.1, 0.15) is 0 Å². The minimum absolute atomic E-state index is 0.0670. The van der Waals surface area contributed by atoms with Gasteiger partial charge in [0.25, 0.3) is 0 Å². The molecule has 0 unspecified atom stereocenters. The minimum atomic E-state index is -1.00. The molecule has 0 aliphatic rings. The molecule has 0 saturated carbocycles. The van der Waals surface area contributed by atoms with Gasteiger partial charge >= 0.3 is 5.97 Å². The lowest BCUT2D eigenvalue weighted by Gasteiger charge is -2.09. The predicted octanol–water partition coefficient (Wildman–Crippen LogP) is 3.74. The molecule has 1 amide bonds. The SMILES string of the molecule is CC(=O)SCc1ccccc1CCC(=O)Nc1ccc(C(=O)O)cc1. The highest BCUT2D eigenvalue weighted by Gasteiger charge is 2.08. The molecular formula is C19H19NO4S. The van der Waals surface area contributed by atoms with Gasteiger partial charge in [-0.2, -0.15) is 0 Å². The molecule has 2 rings (SSSR count). The molecule has 5 nitrogen and oxygen atoms in total. The van der Waals surface area contributed by atoms with Crippen molar-refractivity contribution in [3.63, 3.8) is 0 Å². The summed E-state index contributed by atoms with van der Waals surface area (Å²) in [6.07, 6.45) is 0.885. The summed E-state index contributed by atoms with van der Waals surface area (Å²) in [5.41, 5.74) is 2.85. The van der Waals surface area contributed by atoms with E-state index < -0.39 is 5.97 Å². The third-order valence-corrected chi connectivity index (χ3v) is 4.45. The van der Waals surface area contributed by atoms with E-state index in [9.17, 15) is 14.4 Å². The largest absolute Gasteiger partial charge is 0.478 e. The maximum atomic E-state index is 12.1. The fourth-order valence-electron chi connectivity index (χ4n) is 2.29. The van der Waals surface area contributed by atoms with Crippen LogP contribution in [0.4, 0.5) is 5.69 Å². The number of hydrogen-bond acceptors (Lipinski definition) is 4. The molecule has 0 aliphatic heterocycles. The number of aromatic carboxylic acids is 1. The number of rotatable bonds is 7. The van der Waals surface area contributed by atoms with Crippen LogP contribution in [0.1, 0.15) is 34.8 Å². The van der Waals surface area contributed by atoms with E-state index in [1.54, 1.807) is 12.1 Å². The fourth-order valence-corrected chi connectivity index (χ4v) is 2.93. The number of anilines is 1. The Hall–Kier alpha value is -2.60. The van der Waals surface area contributed by atoms with Gasteiger partial charge in [0, 0.05) is 24.8 Å². The fraction of sp³-hybridized carbons (Fsp3) is 0.211. The highest BCUT2D eigenvalue weighted by molar-refractivity contribution is 8.12. The number of benzene rings is 2. The molecule has 2 aromatic carbocycles. The van der Waals surface area contributed by atoms with Gasteiger partial charge in [0.05, 0.1) is 5.56 Å². The van der Waals surface area contributed by atoms with Crippen LogP contribution in [-0.2, 0) is 21.8 Å². The molecule has 2 N–H and O–H groups in total. The Balaban J connectivity index is 1.91. The van der Waals surface area contributed by atoms with Gasteiger partial charge in [-0.25, -0.2) is 4.79 Å². The van der Waals surface area contributed by atoms with Gasteiger partial charge in [0.15, 0.2) is 5.12 Å². The van der Waals surface area contributed by atoms with Crippen LogP contribution in [0.3, 0.4) is 0 Å². The van der Waals surface area contributed by atoms with Crippen molar-refractivity contribution in [2.75, 3.05) is 5.32 Å². The van der Waals surface area contributed by atoms with Crippen molar-refractivity contribution in [2.24, 2.45) is 0 Å². The summed E-state index contributed by atoms with van der Waals surface area (Å²) in [5, 5.41) is 11.7. The zero-order valence-electron chi connectivity index (χ0n) is 13.8. The normalized spacial score (nSPS) is 10.3. The molecule has 25 heavy (non-hydrogen) atoms. The van der Waals surface area contributed by atoms with E-state index in [1.807, 2.05) is 24.3 Å². The molecule has 0 saturated heterocycles. The van der Waals surface area contributed by atoms with Crippen molar-refractivity contribution in [2.45, 2.75) is 25.5 Å². The summed E-state index contributed by atoms with van der Waals surface area (Å²) in [6.45, 7) is 1.54. The van der Waals surface area contributed by atoms with Crippen LogP contribution >= 0.6 is 11.8 Å². The second kappa shape index (κ2) is 9.03. The molecule has 0 aromatic heterocycles. The zero-order chi connectivity index (χ0) is 18.2. The van der Waals surface area contributed by atoms with Crippen molar-refractivity contribution < 1.29 is 19.5 Å². The standard InChI is InChI=1S/C19H19NO4S/c1-13(21)25-12-16-5-3-2-4-14(16)8-11-18(22)20-17-9-6-15(7-10-17)19(23)24/h2-7,9-10H,8,11-12H2,1H3,(H,20,22)(H,23,24). The summed E-state index contributed by atoms with van der Waals surface area (Å²) in [4.78, 5) is 34.0. The Labute approximate surface area is 150 Å². The van der Waals surface area contributed by atoms with Crippen LogP contribution in [0.5, 0.6) is 0 Å². The van der Waals surface area contributed by atoms with Gasteiger partial charge < -0.3 is 10.4 Å². The molecule has 0 aliphatic carbocycles. The first kappa shape index (κ1) is 18.7. The summed E-state index contributed by atoms with van der Waals surface area (Å²) in [7, 11) is 0. The molecule has 6 heteroatoms. The zero-order valence-corrected chi connectivity index (χ0v) is 14.6. The highest BCUT2D eigenvalue weighted by atomic mass is 32.2. The Morgan fingerprint density at radius 2 is 1.64 bits per heavy atom. The lowest BCUT2D eigenvalue weighted by Crippen LogP contribution is -2.13. The first-order chi connectivity index (χ1) is 12.0. The Bertz CT molecular complexity index is 771. The number of aryl methyl sites for hydroxylation is 1. The van der Waals surface area contributed by atoms with Crippen molar-refractivity contribution in [1.82, 2.24) is 0 Å². The molecular weight excluding hydrogens is 338 g/mol. The maximum absolute atomic E-state index is 12.1. The molecule has 2 aromatic rings. The summed E-state index contributed by atoms with van der Waals surface area (Å²) >= 11 is 1.25. The van der Waals surface area contributed by atoms with Gasteiger partial charge in [-0.15, -0.1) is 0 Å². The lowest BCUT2D eigenvalue weighted by molar-refractivity contribution is -0.116. The van der Waals surface area contributed by atoms with Crippen LogP contribution in [0.25, 0.3) is 0 Å². The van der Waals surface area contributed by atoms with E-state index in [-0.39, 0.29) is 16.6 Å². The highest BCUT2D eigenvalue weighted by Crippen LogP contribution is 2.19. The second-order valence-electron chi connectivity index (χ2n) is 5.48. The smallest absolute Gasteiger partial charge is 0.335 e. The third kappa shape index (κ3) is 6.08. The number of carboxylic acids is 1. The summed E-state index contributed by atoms with van der Waals surface area (Å²) in [6, 6.07) is 13.8. The number of carbonyl (C=O) groups excluding carboxylic acids is 2. The molecule has 130 valence electrons. The summed E-state index contributed by atoms with van der Waals surface area (Å²) in [5.74, 6) is -0.543. The maximum Gasteiger partial charge on any atom is 0.335 e. The van der Waals surface area contributed by atoms with Crippen LogP contribution < -0.4 is 5.32 Å². The quantitative estimate of drug-likeness (QED) is 0.789. The van der Waals surface area contributed by atoms with Gasteiger partial charge in [0.2, 0.25) is 5.91 Å².